The van der Waals surface area contributed by atoms with Gasteiger partial charge in [0.05, 0.1) is 13.2 Å². The maximum Gasteiger partial charge on any atom is 1.00 e. The molecule has 6 heteroatoms. The third-order valence-corrected chi connectivity index (χ3v) is 4.26. The molecule has 0 saturated heterocycles. The number of hydrogen-bond acceptors (Lipinski definition) is 4. The molecule has 0 aliphatic carbocycles. The fourth-order valence-corrected chi connectivity index (χ4v) is 2.77. The molecule has 0 radical (unpaired) electrons. The van der Waals surface area contributed by atoms with Crippen molar-refractivity contribution in [3.63, 3.8) is 0 Å². The summed E-state index contributed by atoms with van der Waals surface area (Å²) in [5.41, 5.74) is 0. The van der Waals surface area contributed by atoms with E-state index in [2.05, 4.69) is 13.8 Å². The van der Waals surface area contributed by atoms with E-state index in [1.165, 1.54) is 25.7 Å². The van der Waals surface area contributed by atoms with Gasteiger partial charge in [-0.05, 0) is 12.8 Å². The van der Waals surface area contributed by atoms with Gasteiger partial charge in [-0.25, -0.2) is 0 Å². The molecule has 0 rings (SSSR count). The van der Waals surface area contributed by atoms with Crippen LogP contribution in [0, 0.1) is 0 Å². The molecule has 0 unspecified atom stereocenters. The summed E-state index contributed by atoms with van der Waals surface area (Å²) >= 11 is 10.2. The second-order valence-electron chi connectivity index (χ2n) is 3.53. The van der Waals surface area contributed by atoms with Crippen molar-refractivity contribution in [2.75, 3.05) is 13.2 Å². The van der Waals surface area contributed by atoms with E-state index in [0.29, 0.717) is 13.2 Å². The van der Waals surface area contributed by atoms with Crippen molar-refractivity contribution in [2.45, 2.75) is 52.4 Å². The standard InChI is InChI=1S/C10H23O2PS2.Li/c1-3-5-7-9-11-13(14,15)12-10-8-6-4-2;/h3-10H2,1-2H3,(H,14,15);/q;+1/p-1. The fourth-order valence-electron chi connectivity index (χ4n) is 1.09. The van der Waals surface area contributed by atoms with E-state index in [0.717, 1.165) is 12.8 Å². The molecule has 0 aliphatic heterocycles. The van der Waals surface area contributed by atoms with E-state index in [-0.39, 0.29) is 18.9 Å². The molecule has 0 aromatic rings. The Morgan fingerprint density at radius 3 is 1.50 bits per heavy atom. The SMILES string of the molecule is CCCCCO[P+]([S-])([S-])OCCCCC.[Li+]. The van der Waals surface area contributed by atoms with E-state index in [9.17, 15) is 0 Å². The average Bonchev–Trinajstić information content (AvgIpc) is 2.20. The predicted octanol–water partition coefficient (Wildman–Crippen LogP) is 1.18. The molecule has 92 valence electrons. The molecular weight excluding hydrogens is 254 g/mol. The summed E-state index contributed by atoms with van der Waals surface area (Å²) in [5, 5.41) is 0. The van der Waals surface area contributed by atoms with Gasteiger partial charge in [-0.3, -0.25) is 9.05 Å². The van der Waals surface area contributed by atoms with E-state index in [1.54, 1.807) is 0 Å². The molecule has 0 aliphatic rings. The smallest absolute Gasteiger partial charge is 0.516 e. The summed E-state index contributed by atoms with van der Waals surface area (Å²) in [6.07, 6.45) is 4.40. The number of rotatable bonds is 10. The molecule has 0 bridgehead atoms. The molecule has 0 heterocycles. The van der Waals surface area contributed by atoms with Crippen LogP contribution in [0.1, 0.15) is 52.4 Å². The Kier molecular flexibility index (Phi) is 16.3. The van der Waals surface area contributed by atoms with Gasteiger partial charge in [0.15, 0.2) is 0 Å². The van der Waals surface area contributed by atoms with Gasteiger partial charge in [0.25, 0.3) is 0 Å². The van der Waals surface area contributed by atoms with Gasteiger partial charge >= 0.3 is 18.9 Å². The van der Waals surface area contributed by atoms with Crippen LogP contribution in [-0.4, -0.2) is 13.2 Å². The average molecular weight is 276 g/mol. The van der Waals surface area contributed by atoms with Crippen LogP contribution in [-0.2, 0) is 33.5 Å². The first-order valence-corrected chi connectivity index (χ1v) is 9.37. The topological polar surface area (TPSA) is 18.5 Å². The molecule has 2 nitrogen and oxygen atoms in total. The Balaban J connectivity index is 0. The molecule has 0 N–H and O–H groups in total. The number of unbranched alkanes of at least 4 members (excludes halogenated alkanes) is 4. The summed E-state index contributed by atoms with van der Waals surface area (Å²) in [6.45, 7) is 5.63. The van der Waals surface area contributed by atoms with E-state index < -0.39 is 6.12 Å². The van der Waals surface area contributed by atoms with Crippen molar-refractivity contribution in [3.05, 3.63) is 0 Å². The van der Waals surface area contributed by atoms with Crippen LogP contribution >= 0.6 is 6.12 Å². The van der Waals surface area contributed by atoms with Crippen LogP contribution in [0.5, 0.6) is 0 Å². The normalized spacial score (nSPS) is 11.2. The van der Waals surface area contributed by atoms with Crippen LogP contribution in [0.15, 0.2) is 0 Å². The zero-order chi connectivity index (χ0) is 11.6. The Hall–Kier alpha value is 1.65. The maximum atomic E-state index is 5.43. The van der Waals surface area contributed by atoms with Gasteiger partial charge in [-0.2, -0.15) is 0 Å². The first kappa shape index (κ1) is 20.0. The first-order chi connectivity index (χ1) is 7.12. The van der Waals surface area contributed by atoms with Gasteiger partial charge in [-0.15, -0.1) is 0 Å². The predicted molar refractivity (Wildman–Crippen MR) is 72.6 cm³/mol. The maximum absolute atomic E-state index is 5.43. The minimum absolute atomic E-state index is 0. The minimum Gasteiger partial charge on any atom is -0.516 e. The Morgan fingerprint density at radius 1 is 0.812 bits per heavy atom. The van der Waals surface area contributed by atoms with Gasteiger partial charge in [0.2, 0.25) is 0 Å². The summed E-state index contributed by atoms with van der Waals surface area (Å²) < 4.78 is 10.9. The Bertz CT molecular complexity index is 137. The van der Waals surface area contributed by atoms with Crippen molar-refractivity contribution in [3.8, 4) is 0 Å². The summed E-state index contributed by atoms with van der Waals surface area (Å²) in [7, 11) is 0. The molecule has 16 heavy (non-hydrogen) atoms. The minimum atomic E-state index is -2.36. The van der Waals surface area contributed by atoms with Crippen LogP contribution in [0.2, 0.25) is 0 Å². The van der Waals surface area contributed by atoms with Crippen molar-refractivity contribution in [1.82, 2.24) is 0 Å². The molecule has 0 atom stereocenters. The van der Waals surface area contributed by atoms with Crippen LogP contribution < -0.4 is 18.9 Å². The molecule has 0 fully saturated rings. The van der Waals surface area contributed by atoms with Crippen LogP contribution in [0.4, 0.5) is 0 Å². The van der Waals surface area contributed by atoms with Crippen molar-refractivity contribution >= 4 is 30.6 Å². The summed E-state index contributed by atoms with van der Waals surface area (Å²) in [5.74, 6) is 0. The summed E-state index contributed by atoms with van der Waals surface area (Å²) in [4.78, 5) is 0. The van der Waals surface area contributed by atoms with Gasteiger partial charge < -0.3 is 24.5 Å². The molecule has 0 amide bonds. The van der Waals surface area contributed by atoms with Crippen molar-refractivity contribution < 1.29 is 27.9 Å². The largest absolute Gasteiger partial charge is 1.00 e. The third-order valence-electron chi connectivity index (χ3n) is 1.99. The van der Waals surface area contributed by atoms with Crippen LogP contribution in [0.25, 0.3) is 0 Å². The molecule has 0 saturated carbocycles. The third kappa shape index (κ3) is 13.7. The van der Waals surface area contributed by atoms with E-state index in [1.807, 2.05) is 0 Å². The fraction of sp³-hybridized carbons (Fsp3) is 1.00. The first-order valence-electron chi connectivity index (χ1n) is 5.72. The molecule has 0 spiro atoms. The van der Waals surface area contributed by atoms with Crippen LogP contribution in [0.3, 0.4) is 0 Å². The molecule has 0 aromatic carbocycles. The van der Waals surface area contributed by atoms with E-state index >= 15 is 0 Å². The van der Waals surface area contributed by atoms with E-state index in [4.69, 9.17) is 33.5 Å². The molecular formula is C10H22LiO2PS2. The molecule has 0 aromatic heterocycles. The van der Waals surface area contributed by atoms with Gasteiger partial charge in [0, 0.05) is 6.12 Å². The quantitative estimate of drug-likeness (QED) is 0.258. The second-order valence-corrected chi connectivity index (χ2v) is 8.52. The van der Waals surface area contributed by atoms with Crippen molar-refractivity contribution in [2.24, 2.45) is 0 Å². The second kappa shape index (κ2) is 13.1. The summed E-state index contributed by atoms with van der Waals surface area (Å²) in [6, 6.07) is 0. The number of hydrogen-bond donors (Lipinski definition) is 0. The van der Waals surface area contributed by atoms with Crippen molar-refractivity contribution in [1.29, 1.82) is 0 Å². The Morgan fingerprint density at radius 2 is 1.19 bits per heavy atom. The zero-order valence-electron chi connectivity index (χ0n) is 10.7. The Labute approximate surface area is 124 Å². The monoisotopic (exact) mass is 276 g/mol. The van der Waals surface area contributed by atoms with Gasteiger partial charge in [-0.1, -0.05) is 39.5 Å². The van der Waals surface area contributed by atoms with Gasteiger partial charge in [0.1, 0.15) is 0 Å². The zero-order valence-corrected chi connectivity index (χ0v) is 13.3.